The third kappa shape index (κ3) is 4.58. The van der Waals surface area contributed by atoms with E-state index >= 15 is 0 Å². The molecule has 8 nitrogen and oxygen atoms in total. The Morgan fingerprint density at radius 1 is 1.15 bits per heavy atom. The normalized spacial score (nSPS) is 11.4. The highest BCUT2D eigenvalue weighted by Gasteiger charge is 2.15. The number of hydrogen-bond donors (Lipinski definition) is 1. The Kier molecular flexibility index (Phi) is 6.31. The summed E-state index contributed by atoms with van der Waals surface area (Å²) in [5, 5.41) is 18.8. The molecule has 0 aliphatic heterocycles. The zero-order valence-corrected chi connectivity index (χ0v) is 16.4. The molecule has 27 heavy (non-hydrogen) atoms. The van der Waals surface area contributed by atoms with E-state index in [9.17, 15) is 0 Å². The molecule has 2 heterocycles. The lowest BCUT2D eigenvalue weighted by molar-refractivity contribution is 0.140. The molecule has 0 unspecified atom stereocenters. The van der Waals surface area contributed by atoms with Crippen LogP contribution in [0, 0.1) is 13.8 Å². The van der Waals surface area contributed by atoms with Crippen LogP contribution < -0.4 is 0 Å². The summed E-state index contributed by atoms with van der Waals surface area (Å²) in [6, 6.07) is 8.28. The van der Waals surface area contributed by atoms with Gasteiger partial charge in [0.15, 0.2) is 0 Å². The van der Waals surface area contributed by atoms with Crippen molar-refractivity contribution >= 4 is 0 Å². The van der Waals surface area contributed by atoms with Crippen LogP contribution in [0.4, 0.5) is 0 Å². The first-order valence-electron chi connectivity index (χ1n) is 9.19. The molecule has 1 N–H and O–H groups in total. The van der Waals surface area contributed by atoms with Gasteiger partial charge in [-0.15, -0.1) is 10.2 Å². The van der Waals surface area contributed by atoms with Gasteiger partial charge in [-0.05, 0) is 31.5 Å². The third-order valence-corrected chi connectivity index (χ3v) is 4.79. The molecular formula is C19H27N7O. The highest BCUT2D eigenvalue weighted by atomic mass is 16.5. The average molecular weight is 369 g/mol. The van der Waals surface area contributed by atoms with E-state index in [0.29, 0.717) is 12.4 Å². The van der Waals surface area contributed by atoms with E-state index in [-0.39, 0.29) is 0 Å². The Morgan fingerprint density at radius 3 is 2.52 bits per heavy atom. The van der Waals surface area contributed by atoms with Crippen molar-refractivity contribution in [3.05, 3.63) is 46.8 Å². The van der Waals surface area contributed by atoms with Crippen molar-refractivity contribution in [1.29, 1.82) is 0 Å². The van der Waals surface area contributed by atoms with Crippen molar-refractivity contribution in [1.82, 2.24) is 35.3 Å². The van der Waals surface area contributed by atoms with Crippen LogP contribution in [0.1, 0.15) is 29.4 Å². The average Bonchev–Trinajstić information content (AvgIpc) is 3.30. The Labute approximate surface area is 159 Å². The summed E-state index contributed by atoms with van der Waals surface area (Å²) in [6.07, 6.45) is 0. The van der Waals surface area contributed by atoms with E-state index in [1.54, 1.807) is 7.11 Å². The van der Waals surface area contributed by atoms with Gasteiger partial charge >= 0.3 is 0 Å². The summed E-state index contributed by atoms with van der Waals surface area (Å²) in [7, 11) is 1.74. The Balaban J connectivity index is 1.74. The number of nitrogens with zero attached hydrogens (tertiary/aromatic N) is 6. The van der Waals surface area contributed by atoms with Crippen LogP contribution in [0.3, 0.4) is 0 Å². The zero-order chi connectivity index (χ0) is 19.2. The molecule has 0 amide bonds. The van der Waals surface area contributed by atoms with Crippen molar-refractivity contribution in [3.63, 3.8) is 0 Å². The number of aromatic nitrogens is 6. The van der Waals surface area contributed by atoms with Crippen molar-refractivity contribution in [2.24, 2.45) is 0 Å². The molecule has 0 aliphatic rings. The second kappa shape index (κ2) is 8.88. The number of ether oxygens (including phenoxy) is 1. The van der Waals surface area contributed by atoms with E-state index in [0.717, 1.165) is 37.4 Å². The fourth-order valence-electron chi connectivity index (χ4n) is 3.23. The molecule has 0 saturated carbocycles. The summed E-state index contributed by atoms with van der Waals surface area (Å²) in [5.41, 5.74) is 5.83. The van der Waals surface area contributed by atoms with Crippen molar-refractivity contribution < 1.29 is 4.74 Å². The monoisotopic (exact) mass is 369 g/mol. The summed E-state index contributed by atoms with van der Waals surface area (Å²) < 4.78 is 7.38. The van der Waals surface area contributed by atoms with Crippen molar-refractivity contribution in [2.45, 2.75) is 40.4 Å². The molecule has 0 radical (unpaired) electrons. The second-order valence-electron chi connectivity index (χ2n) is 6.60. The minimum Gasteiger partial charge on any atom is -0.383 e. The molecule has 0 spiro atoms. The van der Waals surface area contributed by atoms with E-state index in [1.807, 2.05) is 12.1 Å². The standard InChI is InChI=1S/C19H27N7O/c1-5-26-15(3)18(14(2)22-26)13-25(10-11-27-4)12-16-6-8-17(9-7-16)19-20-23-24-21-19/h6-9H,5,10-13H2,1-4H3,(H,20,21,23,24). The van der Waals surface area contributed by atoms with Gasteiger partial charge in [0.2, 0.25) is 5.82 Å². The zero-order valence-electron chi connectivity index (χ0n) is 16.4. The fraction of sp³-hybridized carbons (Fsp3) is 0.474. The number of benzene rings is 1. The van der Waals surface area contributed by atoms with Crippen molar-refractivity contribution in [3.8, 4) is 11.4 Å². The number of rotatable bonds is 9. The van der Waals surface area contributed by atoms with Gasteiger partial charge in [0.05, 0.1) is 12.3 Å². The number of methoxy groups -OCH3 is 1. The summed E-state index contributed by atoms with van der Waals surface area (Å²) >= 11 is 0. The molecule has 144 valence electrons. The van der Waals surface area contributed by atoms with Crippen LogP contribution in [0.25, 0.3) is 11.4 Å². The number of hydrogen-bond acceptors (Lipinski definition) is 6. The Morgan fingerprint density at radius 2 is 1.93 bits per heavy atom. The van der Waals surface area contributed by atoms with E-state index in [1.165, 1.54) is 16.8 Å². The summed E-state index contributed by atoms with van der Waals surface area (Å²) in [5.74, 6) is 0.607. The smallest absolute Gasteiger partial charge is 0.204 e. The number of aromatic amines is 1. The highest BCUT2D eigenvalue weighted by molar-refractivity contribution is 5.54. The highest BCUT2D eigenvalue weighted by Crippen LogP contribution is 2.19. The lowest BCUT2D eigenvalue weighted by Gasteiger charge is -2.22. The molecule has 8 heteroatoms. The lowest BCUT2D eigenvalue weighted by atomic mass is 10.1. The molecule has 1 aromatic carbocycles. The molecule has 0 aliphatic carbocycles. The number of H-pyrrole nitrogens is 1. The summed E-state index contributed by atoms with van der Waals surface area (Å²) in [4.78, 5) is 2.39. The number of nitrogens with one attached hydrogen (secondary N) is 1. The predicted molar refractivity (Wildman–Crippen MR) is 103 cm³/mol. The molecule has 0 bridgehead atoms. The fourth-order valence-corrected chi connectivity index (χ4v) is 3.23. The van der Waals surface area contributed by atoms with Gasteiger partial charge in [0.1, 0.15) is 0 Å². The largest absolute Gasteiger partial charge is 0.383 e. The SMILES string of the molecule is CCn1nc(C)c(CN(CCOC)Cc2ccc(-c3nn[nH]n3)cc2)c1C. The Bertz CT molecular complexity index is 840. The quantitative estimate of drug-likeness (QED) is 0.623. The van der Waals surface area contributed by atoms with Crippen LogP contribution >= 0.6 is 0 Å². The van der Waals surface area contributed by atoms with E-state index in [2.05, 4.69) is 68.2 Å². The molecule has 0 saturated heterocycles. The lowest BCUT2D eigenvalue weighted by Crippen LogP contribution is -2.27. The van der Waals surface area contributed by atoms with Crippen LogP contribution in [0.15, 0.2) is 24.3 Å². The number of tetrazole rings is 1. The van der Waals surface area contributed by atoms with Crippen molar-refractivity contribution in [2.75, 3.05) is 20.3 Å². The summed E-state index contributed by atoms with van der Waals surface area (Å²) in [6.45, 7) is 10.5. The molecule has 0 atom stereocenters. The first kappa shape index (κ1) is 19.2. The molecule has 2 aromatic heterocycles. The first-order valence-corrected chi connectivity index (χ1v) is 9.19. The minimum atomic E-state index is 0.607. The molecule has 3 aromatic rings. The minimum absolute atomic E-state index is 0.607. The molecule has 3 rings (SSSR count). The Hall–Kier alpha value is -2.58. The van der Waals surface area contributed by atoms with Gasteiger partial charge in [0.25, 0.3) is 0 Å². The number of aryl methyl sites for hydroxylation is 2. The van der Waals surface area contributed by atoms with Crippen LogP contribution in [-0.2, 0) is 24.4 Å². The van der Waals surface area contributed by atoms with Gasteiger partial charge in [-0.25, -0.2) is 0 Å². The van der Waals surface area contributed by atoms with Gasteiger partial charge in [0, 0.05) is 50.1 Å². The molecule has 0 fully saturated rings. The van der Waals surface area contributed by atoms with Crippen LogP contribution in [-0.4, -0.2) is 55.6 Å². The molecular weight excluding hydrogens is 342 g/mol. The maximum Gasteiger partial charge on any atom is 0.204 e. The predicted octanol–water partition coefficient (Wildman–Crippen LogP) is 2.35. The van der Waals surface area contributed by atoms with Gasteiger partial charge in [-0.2, -0.15) is 10.3 Å². The van der Waals surface area contributed by atoms with Gasteiger partial charge in [-0.1, -0.05) is 24.3 Å². The van der Waals surface area contributed by atoms with Crippen LogP contribution in [0.2, 0.25) is 0 Å². The van der Waals surface area contributed by atoms with Crippen LogP contribution in [0.5, 0.6) is 0 Å². The second-order valence-corrected chi connectivity index (χ2v) is 6.60. The third-order valence-electron chi connectivity index (χ3n) is 4.79. The first-order chi connectivity index (χ1) is 13.1. The van der Waals surface area contributed by atoms with E-state index in [4.69, 9.17) is 4.74 Å². The topological polar surface area (TPSA) is 84.8 Å². The van der Waals surface area contributed by atoms with Gasteiger partial charge < -0.3 is 4.74 Å². The maximum atomic E-state index is 5.31. The maximum absolute atomic E-state index is 5.31. The van der Waals surface area contributed by atoms with Gasteiger partial charge in [-0.3, -0.25) is 9.58 Å². The van der Waals surface area contributed by atoms with E-state index < -0.39 is 0 Å².